The zero-order chi connectivity index (χ0) is 18.8. The van der Waals surface area contributed by atoms with Gasteiger partial charge in [-0.15, -0.1) is 0 Å². The van der Waals surface area contributed by atoms with Gasteiger partial charge in [-0.2, -0.15) is 5.10 Å². The number of benzene rings is 1. The summed E-state index contributed by atoms with van der Waals surface area (Å²) in [5.74, 6) is 0. The van der Waals surface area contributed by atoms with Gasteiger partial charge in [-0.05, 0) is 28.8 Å². The van der Waals surface area contributed by atoms with E-state index < -0.39 is 0 Å². The Labute approximate surface area is 163 Å². The van der Waals surface area contributed by atoms with E-state index in [0.29, 0.717) is 0 Å². The van der Waals surface area contributed by atoms with E-state index in [1.54, 1.807) is 0 Å². The highest BCUT2D eigenvalue weighted by Crippen LogP contribution is 2.34. The SMILES string of the molecule is c1cncc([C@@H]2c3nc[nH]c3CCN2Cc2ccccc2Cn2cccn2)c1. The number of nitrogens with one attached hydrogen (secondary N) is 1. The lowest BCUT2D eigenvalue weighted by molar-refractivity contribution is 0.199. The number of fused-ring (bicyclic) bond motifs is 1. The quantitative estimate of drug-likeness (QED) is 0.586. The van der Waals surface area contributed by atoms with E-state index >= 15 is 0 Å². The highest BCUT2D eigenvalue weighted by molar-refractivity contribution is 5.33. The van der Waals surface area contributed by atoms with E-state index in [4.69, 9.17) is 0 Å². The van der Waals surface area contributed by atoms with E-state index in [0.717, 1.165) is 31.7 Å². The lowest BCUT2D eigenvalue weighted by atomic mass is 9.95. The van der Waals surface area contributed by atoms with E-state index in [-0.39, 0.29) is 6.04 Å². The highest BCUT2D eigenvalue weighted by Gasteiger charge is 2.31. The van der Waals surface area contributed by atoms with Crippen molar-refractivity contribution in [2.75, 3.05) is 6.54 Å². The maximum absolute atomic E-state index is 4.65. The van der Waals surface area contributed by atoms with Gasteiger partial charge in [0.2, 0.25) is 0 Å². The Kier molecular flexibility index (Phi) is 4.47. The molecule has 4 heterocycles. The molecule has 6 nitrogen and oxygen atoms in total. The first kappa shape index (κ1) is 16.9. The van der Waals surface area contributed by atoms with Crippen LogP contribution in [0.15, 0.2) is 73.6 Å². The molecule has 140 valence electrons. The number of hydrogen-bond acceptors (Lipinski definition) is 4. The Bertz CT molecular complexity index is 1040. The number of imidazole rings is 1. The third-order valence-electron chi connectivity index (χ3n) is 5.41. The van der Waals surface area contributed by atoms with Crippen molar-refractivity contribution in [2.24, 2.45) is 0 Å². The molecule has 1 aromatic carbocycles. The van der Waals surface area contributed by atoms with Gasteiger partial charge in [0.15, 0.2) is 0 Å². The molecule has 28 heavy (non-hydrogen) atoms. The first-order valence-electron chi connectivity index (χ1n) is 9.59. The molecule has 4 aromatic rings. The van der Waals surface area contributed by atoms with E-state index in [1.165, 1.54) is 22.4 Å². The summed E-state index contributed by atoms with van der Waals surface area (Å²) in [5, 5.41) is 4.37. The number of aromatic nitrogens is 5. The van der Waals surface area contributed by atoms with Crippen molar-refractivity contribution >= 4 is 0 Å². The molecule has 0 fully saturated rings. The Balaban J connectivity index is 1.48. The van der Waals surface area contributed by atoms with Crippen molar-refractivity contribution in [3.8, 4) is 0 Å². The molecule has 0 saturated heterocycles. The first-order valence-corrected chi connectivity index (χ1v) is 9.59. The second kappa shape index (κ2) is 7.40. The molecule has 0 amide bonds. The van der Waals surface area contributed by atoms with Gasteiger partial charge in [0.25, 0.3) is 0 Å². The number of rotatable bonds is 5. The summed E-state index contributed by atoms with van der Waals surface area (Å²) >= 11 is 0. The molecule has 1 atom stereocenters. The number of aromatic amines is 1. The molecule has 0 aliphatic carbocycles. The van der Waals surface area contributed by atoms with Gasteiger partial charge >= 0.3 is 0 Å². The van der Waals surface area contributed by atoms with Crippen LogP contribution in [-0.4, -0.2) is 36.2 Å². The summed E-state index contributed by atoms with van der Waals surface area (Å²) in [4.78, 5) is 14.8. The second-order valence-electron chi connectivity index (χ2n) is 7.15. The maximum Gasteiger partial charge on any atom is 0.0926 e. The zero-order valence-electron chi connectivity index (χ0n) is 15.6. The van der Waals surface area contributed by atoms with Gasteiger partial charge in [-0.3, -0.25) is 14.6 Å². The lowest BCUT2D eigenvalue weighted by Gasteiger charge is -2.35. The third kappa shape index (κ3) is 3.23. The summed E-state index contributed by atoms with van der Waals surface area (Å²) in [5.41, 5.74) is 6.15. The van der Waals surface area contributed by atoms with Gasteiger partial charge in [-0.1, -0.05) is 30.3 Å². The van der Waals surface area contributed by atoms with Crippen molar-refractivity contribution in [1.29, 1.82) is 0 Å². The number of pyridine rings is 1. The van der Waals surface area contributed by atoms with Crippen LogP contribution in [0.25, 0.3) is 0 Å². The summed E-state index contributed by atoms with van der Waals surface area (Å²) in [6, 6.07) is 14.9. The molecule has 1 aliphatic rings. The number of nitrogens with zero attached hydrogens (tertiary/aromatic N) is 5. The van der Waals surface area contributed by atoms with Crippen LogP contribution in [-0.2, 0) is 19.5 Å². The lowest BCUT2D eigenvalue weighted by Crippen LogP contribution is -2.36. The Morgan fingerprint density at radius 3 is 2.68 bits per heavy atom. The van der Waals surface area contributed by atoms with Gasteiger partial charge < -0.3 is 4.98 Å². The fourth-order valence-corrected chi connectivity index (χ4v) is 4.05. The summed E-state index contributed by atoms with van der Waals surface area (Å²) in [6.45, 7) is 2.62. The fourth-order valence-electron chi connectivity index (χ4n) is 4.05. The van der Waals surface area contributed by atoms with Crippen LogP contribution >= 0.6 is 0 Å². The monoisotopic (exact) mass is 370 g/mol. The van der Waals surface area contributed by atoms with Crippen LogP contribution in [0.3, 0.4) is 0 Å². The van der Waals surface area contributed by atoms with Gasteiger partial charge in [-0.25, -0.2) is 4.98 Å². The van der Waals surface area contributed by atoms with Crippen molar-refractivity contribution in [3.05, 3.63) is 102 Å². The molecule has 0 radical (unpaired) electrons. The molecule has 6 heteroatoms. The molecule has 1 aliphatic heterocycles. The Hall–Kier alpha value is -3.25. The van der Waals surface area contributed by atoms with Crippen LogP contribution in [0.4, 0.5) is 0 Å². The average molecular weight is 370 g/mol. The molecule has 5 rings (SSSR count). The number of hydrogen-bond donors (Lipinski definition) is 1. The molecule has 0 unspecified atom stereocenters. The molecule has 3 aromatic heterocycles. The zero-order valence-corrected chi connectivity index (χ0v) is 15.6. The van der Waals surface area contributed by atoms with Crippen LogP contribution in [0.2, 0.25) is 0 Å². The molecule has 0 bridgehead atoms. The minimum atomic E-state index is 0.112. The fraction of sp³-hybridized carbons (Fsp3) is 0.227. The molecule has 0 spiro atoms. The van der Waals surface area contributed by atoms with Gasteiger partial charge in [0, 0.05) is 50.0 Å². The summed E-state index contributed by atoms with van der Waals surface area (Å²) in [6.07, 6.45) is 10.4. The van der Waals surface area contributed by atoms with Crippen LogP contribution in [0.1, 0.15) is 34.1 Å². The normalized spacial score (nSPS) is 16.8. The van der Waals surface area contributed by atoms with Crippen molar-refractivity contribution in [1.82, 2.24) is 29.6 Å². The Morgan fingerprint density at radius 2 is 1.89 bits per heavy atom. The third-order valence-corrected chi connectivity index (χ3v) is 5.41. The van der Waals surface area contributed by atoms with Gasteiger partial charge in [0.1, 0.15) is 0 Å². The predicted octanol–water partition coefficient (Wildman–Crippen LogP) is 3.20. The Morgan fingerprint density at radius 1 is 1.00 bits per heavy atom. The number of H-pyrrole nitrogens is 1. The molecule has 1 N–H and O–H groups in total. The van der Waals surface area contributed by atoms with Crippen molar-refractivity contribution < 1.29 is 0 Å². The maximum atomic E-state index is 4.65. The molecule has 0 saturated carbocycles. The average Bonchev–Trinajstić information content (AvgIpc) is 3.42. The van der Waals surface area contributed by atoms with Crippen molar-refractivity contribution in [2.45, 2.75) is 25.6 Å². The van der Waals surface area contributed by atoms with Crippen LogP contribution in [0.5, 0.6) is 0 Å². The summed E-state index contributed by atoms with van der Waals surface area (Å²) < 4.78 is 1.97. The predicted molar refractivity (Wildman–Crippen MR) is 107 cm³/mol. The highest BCUT2D eigenvalue weighted by atomic mass is 15.3. The molecular weight excluding hydrogens is 348 g/mol. The van der Waals surface area contributed by atoms with E-state index in [9.17, 15) is 0 Å². The van der Waals surface area contributed by atoms with E-state index in [1.807, 2.05) is 47.9 Å². The largest absolute Gasteiger partial charge is 0.348 e. The molecular formula is C22H22N6. The first-order chi connectivity index (χ1) is 13.9. The van der Waals surface area contributed by atoms with Gasteiger partial charge in [0.05, 0.1) is 24.6 Å². The summed E-state index contributed by atoms with van der Waals surface area (Å²) in [7, 11) is 0. The topological polar surface area (TPSA) is 62.6 Å². The van der Waals surface area contributed by atoms with E-state index in [2.05, 4.69) is 55.3 Å². The van der Waals surface area contributed by atoms with Crippen LogP contribution in [0, 0.1) is 0 Å². The van der Waals surface area contributed by atoms with Crippen LogP contribution < -0.4 is 0 Å². The minimum Gasteiger partial charge on any atom is -0.348 e. The minimum absolute atomic E-state index is 0.112. The standard InChI is InChI=1S/C22H22N6/c1-2-6-19(15-28-11-4-10-26-28)18(5-1)14-27-12-8-20-21(25-16-24-20)22(27)17-7-3-9-23-13-17/h1-7,9-11,13,16,22H,8,12,14-15H2,(H,24,25)/t22-/m1/s1. The smallest absolute Gasteiger partial charge is 0.0926 e. The second-order valence-corrected chi connectivity index (χ2v) is 7.15. The van der Waals surface area contributed by atoms with Crippen molar-refractivity contribution in [3.63, 3.8) is 0 Å².